The topological polar surface area (TPSA) is 81.4 Å². The van der Waals surface area contributed by atoms with Crippen LogP contribution in [0.1, 0.15) is 0 Å². The van der Waals surface area contributed by atoms with Crippen LogP contribution in [0.3, 0.4) is 0 Å². The van der Waals surface area contributed by atoms with E-state index in [1.807, 2.05) is 89.5 Å². The van der Waals surface area contributed by atoms with Crippen LogP contribution in [-0.2, 0) is 9.53 Å². The molecule has 0 saturated heterocycles. The van der Waals surface area contributed by atoms with Crippen LogP contribution in [0.2, 0.25) is 0 Å². The molecule has 0 radical (unpaired) electrons. The van der Waals surface area contributed by atoms with Crippen LogP contribution >= 0.6 is 27.7 Å². The number of thioether (sulfide) groups is 1. The summed E-state index contributed by atoms with van der Waals surface area (Å²) in [5.74, 6) is 0.0767. The zero-order valence-electron chi connectivity index (χ0n) is 17.0. The monoisotopic (exact) mass is 507 g/mol. The van der Waals surface area contributed by atoms with E-state index in [0.29, 0.717) is 11.0 Å². The number of carbonyl (C=O) groups is 1. The SMILES string of the molecule is COC(=O)/C(=N\Nc1ccc(Br)cc1)Sc1nnc(-c2ccccc2)n1-c1ccccc1. The highest BCUT2D eigenvalue weighted by Gasteiger charge is 2.22. The number of anilines is 1. The minimum absolute atomic E-state index is 0.0969. The highest BCUT2D eigenvalue weighted by molar-refractivity contribution is 9.10. The summed E-state index contributed by atoms with van der Waals surface area (Å²) in [4.78, 5) is 12.4. The summed E-state index contributed by atoms with van der Waals surface area (Å²) in [6, 6.07) is 26.9. The van der Waals surface area contributed by atoms with Gasteiger partial charge in [0.25, 0.3) is 0 Å². The highest BCUT2D eigenvalue weighted by Crippen LogP contribution is 2.29. The van der Waals surface area contributed by atoms with Crippen molar-refractivity contribution in [3.63, 3.8) is 0 Å². The molecule has 32 heavy (non-hydrogen) atoms. The van der Waals surface area contributed by atoms with Crippen LogP contribution in [0, 0.1) is 0 Å². The largest absolute Gasteiger partial charge is 0.464 e. The molecule has 4 rings (SSSR count). The molecule has 4 aromatic rings. The summed E-state index contributed by atoms with van der Waals surface area (Å²) >= 11 is 4.47. The van der Waals surface area contributed by atoms with Crippen molar-refractivity contribution in [3.8, 4) is 17.1 Å². The third-order valence-electron chi connectivity index (χ3n) is 4.36. The fourth-order valence-electron chi connectivity index (χ4n) is 2.84. The van der Waals surface area contributed by atoms with Crippen LogP contribution in [0.4, 0.5) is 5.69 Å². The molecule has 0 amide bonds. The molecule has 7 nitrogen and oxygen atoms in total. The van der Waals surface area contributed by atoms with E-state index >= 15 is 0 Å². The van der Waals surface area contributed by atoms with E-state index in [2.05, 4.69) is 36.7 Å². The summed E-state index contributed by atoms with van der Waals surface area (Å²) < 4.78 is 7.76. The zero-order chi connectivity index (χ0) is 22.3. The number of para-hydroxylation sites is 1. The molecule has 1 aromatic heterocycles. The minimum atomic E-state index is -0.580. The first-order valence-corrected chi connectivity index (χ1v) is 11.2. The van der Waals surface area contributed by atoms with E-state index in [-0.39, 0.29) is 5.04 Å². The smallest absolute Gasteiger partial charge is 0.365 e. The second-order valence-corrected chi connectivity index (χ2v) is 8.34. The van der Waals surface area contributed by atoms with E-state index in [0.717, 1.165) is 33.2 Å². The number of ether oxygens (including phenoxy) is 1. The molecule has 0 aliphatic rings. The van der Waals surface area contributed by atoms with Crippen LogP contribution in [0.25, 0.3) is 17.1 Å². The number of methoxy groups -OCH3 is 1. The number of esters is 1. The van der Waals surface area contributed by atoms with Crippen molar-refractivity contribution < 1.29 is 9.53 Å². The van der Waals surface area contributed by atoms with Gasteiger partial charge in [0, 0.05) is 15.7 Å². The third kappa shape index (κ3) is 5.06. The van der Waals surface area contributed by atoms with Crippen molar-refractivity contribution in [2.24, 2.45) is 5.10 Å². The van der Waals surface area contributed by atoms with Crippen molar-refractivity contribution in [2.75, 3.05) is 12.5 Å². The lowest BCUT2D eigenvalue weighted by Gasteiger charge is -2.11. The molecule has 9 heteroatoms. The number of hydrogen-bond acceptors (Lipinski definition) is 7. The van der Waals surface area contributed by atoms with Crippen LogP contribution in [0.5, 0.6) is 0 Å². The quantitative estimate of drug-likeness (QED) is 0.128. The Morgan fingerprint density at radius 1 is 0.969 bits per heavy atom. The normalized spacial score (nSPS) is 11.2. The fraction of sp³-hybridized carbons (Fsp3) is 0.0435. The number of hydrazone groups is 1. The number of hydrogen-bond donors (Lipinski definition) is 1. The number of nitrogens with one attached hydrogen (secondary N) is 1. The summed E-state index contributed by atoms with van der Waals surface area (Å²) in [5, 5.41) is 13.6. The third-order valence-corrected chi connectivity index (χ3v) is 5.79. The first kappa shape index (κ1) is 21.8. The number of rotatable bonds is 5. The Balaban J connectivity index is 1.72. The molecule has 3 aromatic carbocycles. The lowest BCUT2D eigenvalue weighted by molar-refractivity contribution is -0.132. The standard InChI is InChI=1S/C23H18BrN5O2S/c1-31-22(30)21(27-25-18-14-12-17(24)13-15-18)32-23-28-26-20(16-8-4-2-5-9-16)29(23)19-10-6-3-7-11-19/h2-15,25H,1H3/b27-21+. The molecule has 160 valence electrons. The van der Waals surface area contributed by atoms with Crippen LogP contribution in [0.15, 0.2) is 99.7 Å². The average molecular weight is 508 g/mol. The number of nitrogens with zero attached hydrogens (tertiary/aromatic N) is 4. The van der Waals surface area contributed by atoms with Gasteiger partial charge in [0.15, 0.2) is 5.82 Å². The van der Waals surface area contributed by atoms with Crippen LogP contribution in [-0.4, -0.2) is 32.9 Å². The van der Waals surface area contributed by atoms with E-state index in [1.165, 1.54) is 7.11 Å². The predicted octanol–water partition coefficient (Wildman–Crippen LogP) is 5.39. The van der Waals surface area contributed by atoms with Gasteiger partial charge in [0.1, 0.15) is 0 Å². The summed E-state index contributed by atoms with van der Waals surface area (Å²) in [7, 11) is 1.31. The van der Waals surface area contributed by atoms with E-state index in [1.54, 1.807) is 0 Å². The van der Waals surface area contributed by atoms with Gasteiger partial charge in [-0.05, 0) is 48.2 Å². The average Bonchev–Trinajstić information content (AvgIpc) is 3.27. The Kier molecular flexibility index (Phi) is 6.98. The number of carbonyl (C=O) groups excluding carboxylic acids is 1. The Morgan fingerprint density at radius 3 is 2.28 bits per heavy atom. The Morgan fingerprint density at radius 2 is 1.62 bits per heavy atom. The number of benzene rings is 3. The summed E-state index contributed by atoms with van der Waals surface area (Å²) in [6.45, 7) is 0. The lowest BCUT2D eigenvalue weighted by atomic mass is 10.2. The molecule has 0 spiro atoms. The van der Waals surface area contributed by atoms with Gasteiger partial charge in [-0.1, -0.05) is 64.5 Å². The molecule has 0 aliphatic carbocycles. The maximum Gasteiger partial charge on any atom is 0.365 e. The van der Waals surface area contributed by atoms with Crippen molar-refractivity contribution in [1.82, 2.24) is 14.8 Å². The Bertz CT molecular complexity index is 1230. The first-order chi connectivity index (χ1) is 15.7. The molecule has 0 aliphatic heterocycles. The van der Waals surface area contributed by atoms with Crippen molar-refractivity contribution in [2.45, 2.75) is 5.16 Å². The van der Waals surface area contributed by atoms with Gasteiger partial charge in [-0.3, -0.25) is 9.99 Å². The van der Waals surface area contributed by atoms with Crippen molar-refractivity contribution >= 4 is 44.4 Å². The van der Waals surface area contributed by atoms with Crippen molar-refractivity contribution in [3.05, 3.63) is 89.4 Å². The summed E-state index contributed by atoms with van der Waals surface area (Å²) in [5.41, 5.74) is 5.39. The maximum absolute atomic E-state index is 12.4. The van der Waals surface area contributed by atoms with Crippen molar-refractivity contribution in [1.29, 1.82) is 0 Å². The summed E-state index contributed by atoms with van der Waals surface area (Å²) in [6.07, 6.45) is 0. The molecule has 0 saturated carbocycles. The molecular formula is C23H18BrN5O2S. The predicted molar refractivity (Wildman–Crippen MR) is 130 cm³/mol. The van der Waals surface area contributed by atoms with E-state index < -0.39 is 5.97 Å². The number of halogens is 1. The maximum atomic E-state index is 12.4. The molecule has 0 unspecified atom stereocenters. The molecule has 1 N–H and O–H groups in total. The highest BCUT2D eigenvalue weighted by atomic mass is 79.9. The van der Waals surface area contributed by atoms with E-state index in [9.17, 15) is 4.79 Å². The lowest BCUT2D eigenvalue weighted by Crippen LogP contribution is -2.15. The Hall–Kier alpha value is -3.43. The van der Waals surface area contributed by atoms with Gasteiger partial charge in [-0.15, -0.1) is 10.2 Å². The molecule has 0 atom stereocenters. The second-order valence-electron chi connectivity index (χ2n) is 6.47. The second kappa shape index (κ2) is 10.3. The van der Waals surface area contributed by atoms with Gasteiger partial charge in [0.2, 0.25) is 10.2 Å². The fourth-order valence-corrected chi connectivity index (χ4v) is 3.90. The Labute approximate surface area is 197 Å². The van der Waals surface area contributed by atoms with E-state index in [4.69, 9.17) is 4.74 Å². The van der Waals surface area contributed by atoms with Gasteiger partial charge in [0.05, 0.1) is 12.8 Å². The molecule has 0 bridgehead atoms. The molecular weight excluding hydrogens is 490 g/mol. The van der Waals surface area contributed by atoms with Gasteiger partial charge in [-0.25, -0.2) is 4.79 Å². The van der Waals surface area contributed by atoms with Gasteiger partial charge >= 0.3 is 5.97 Å². The zero-order valence-corrected chi connectivity index (χ0v) is 19.4. The van der Waals surface area contributed by atoms with Gasteiger partial charge < -0.3 is 4.74 Å². The first-order valence-electron chi connectivity index (χ1n) is 9.57. The number of aromatic nitrogens is 3. The van der Waals surface area contributed by atoms with Crippen LogP contribution < -0.4 is 5.43 Å². The minimum Gasteiger partial charge on any atom is -0.464 e. The molecule has 0 fully saturated rings. The molecule has 1 heterocycles. The van der Waals surface area contributed by atoms with Gasteiger partial charge in [-0.2, -0.15) is 5.10 Å².